The highest BCUT2D eigenvalue weighted by Crippen LogP contribution is 2.23. The molecule has 0 atom stereocenters. The summed E-state index contributed by atoms with van der Waals surface area (Å²) >= 11 is 5.76. The normalized spacial score (nSPS) is 10.3. The fourth-order valence-corrected chi connectivity index (χ4v) is 1.77. The molecule has 0 radical (unpaired) electrons. The molecule has 2 amide bonds. The van der Waals surface area contributed by atoms with Crippen molar-refractivity contribution >= 4 is 40.5 Å². The van der Waals surface area contributed by atoms with Crippen LogP contribution in [-0.4, -0.2) is 11.8 Å². The number of benzene rings is 2. The lowest BCUT2D eigenvalue weighted by Gasteiger charge is -2.08. The number of hydrogen-bond acceptors (Lipinski definition) is 3. The molecule has 0 saturated carbocycles. The zero-order chi connectivity index (χ0) is 17.1. The summed E-state index contributed by atoms with van der Waals surface area (Å²) in [5.41, 5.74) is 5.28. The number of nitrogen functional groups attached to an aromatic ring is 1. The fourth-order valence-electron chi connectivity index (χ4n) is 1.59. The fraction of sp³-hybridized carbons (Fsp3) is 0. The molecule has 9 heteroatoms. The van der Waals surface area contributed by atoms with Gasteiger partial charge in [-0.25, -0.2) is 13.2 Å². The van der Waals surface area contributed by atoms with Gasteiger partial charge in [-0.1, -0.05) is 11.6 Å². The Kier molecular flexibility index (Phi) is 4.75. The Hall–Kier alpha value is -2.74. The van der Waals surface area contributed by atoms with Gasteiger partial charge in [0.15, 0.2) is 17.5 Å². The number of anilines is 3. The maximum atomic E-state index is 13.4. The van der Waals surface area contributed by atoms with E-state index in [0.29, 0.717) is 6.07 Å². The van der Waals surface area contributed by atoms with Crippen LogP contribution in [0.15, 0.2) is 30.3 Å². The van der Waals surface area contributed by atoms with Gasteiger partial charge in [0, 0.05) is 5.69 Å². The van der Waals surface area contributed by atoms with Crippen molar-refractivity contribution in [1.29, 1.82) is 0 Å². The van der Waals surface area contributed by atoms with Gasteiger partial charge in [0.2, 0.25) is 0 Å². The van der Waals surface area contributed by atoms with E-state index in [1.54, 1.807) is 0 Å². The van der Waals surface area contributed by atoms with E-state index in [4.69, 9.17) is 17.3 Å². The first-order valence-electron chi connectivity index (χ1n) is 6.10. The van der Waals surface area contributed by atoms with Crippen molar-refractivity contribution < 1.29 is 22.8 Å². The number of hydrogen-bond donors (Lipinski definition) is 3. The van der Waals surface area contributed by atoms with Gasteiger partial charge < -0.3 is 16.4 Å². The molecule has 2 rings (SSSR count). The monoisotopic (exact) mass is 343 g/mol. The maximum Gasteiger partial charge on any atom is 0.314 e. The van der Waals surface area contributed by atoms with Crippen LogP contribution in [0, 0.1) is 17.5 Å². The average Bonchev–Trinajstić information content (AvgIpc) is 2.51. The molecule has 0 heterocycles. The van der Waals surface area contributed by atoms with Crippen molar-refractivity contribution in [1.82, 2.24) is 0 Å². The quantitative estimate of drug-likeness (QED) is 0.445. The minimum Gasteiger partial charge on any atom is -0.398 e. The third kappa shape index (κ3) is 3.72. The first-order valence-corrected chi connectivity index (χ1v) is 6.48. The van der Waals surface area contributed by atoms with E-state index >= 15 is 0 Å². The van der Waals surface area contributed by atoms with Gasteiger partial charge >= 0.3 is 11.8 Å². The van der Waals surface area contributed by atoms with Gasteiger partial charge in [-0.05, 0) is 30.3 Å². The van der Waals surface area contributed by atoms with Gasteiger partial charge in [-0.15, -0.1) is 0 Å². The van der Waals surface area contributed by atoms with E-state index in [0.717, 1.165) is 6.07 Å². The zero-order valence-electron chi connectivity index (χ0n) is 11.3. The molecule has 0 unspecified atom stereocenters. The molecule has 0 aliphatic rings. The van der Waals surface area contributed by atoms with Gasteiger partial charge in [0.25, 0.3) is 0 Å². The molecule has 0 spiro atoms. The lowest BCUT2D eigenvalue weighted by molar-refractivity contribution is -0.133. The summed E-state index contributed by atoms with van der Waals surface area (Å²) in [5.74, 6) is -7.21. The van der Waals surface area contributed by atoms with Crippen molar-refractivity contribution in [3.05, 3.63) is 52.8 Å². The topological polar surface area (TPSA) is 84.2 Å². The molecule has 0 aromatic heterocycles. The highest BCUT2D eigenvalue weighted by atomic mass is 35.5. The number of carbonyl (C=O) groups excluding carboxylic acids is 2. The summed E-state index contributed by atoms with van der Waals surface area (Å²) in [6.45, 7) is 0. The summed E-state index contributed by atoms with van der Waals surface area (Å²) in [6.07, 6.45) is 0. The number of nitrogens with one attached hydrogen (secondary N) is 2. The van der Waals surface area contributed by atoms with Crippen LogP contribution in [0.4, 0.5) is 30.2 Å². The van der Waals surface area contributed by atoms with Gasteiger partial charge in [0.1, 0.15) is 0 Å². The highest BCUT2D eigenvalue weighted by Gasteiger charge is 2.19. The largest absolute Gasteiger partial charge is 0.398 e. The summed E-state index contributed by atoms with van der Waals surface area (Å²) < 4.78 is 39.2. The molecule has 0 saturated heterocycles. The molecule has 0 bridgehead atoms. The second-order valence-corrected chi connectivity index (χ2v) is 4.77. The lowest BCUT2D eigenvalue weighted by atomic mass is 10.2. The Balaban J connectivity index is 2.10. The molecule has 120 valence electrons. The van der Waals surface area contributed by atoms with Crippen molar-refractivity contribution in [3.8, 4) is 0 Å². The van der Waals surface area contributed by atoms with Crippen LogP contribution < -0.4 is 16.4 Å². The molecule has 2 aromatic carbocycles. The van der Waals surface area contributed by atoms with Crippen LogP contribution in [0.1, 0.15) is 0 Å². The SMILES string of the molecule is Nc1ccc(NC(=O)C(=O)Nc2ccc(F)c(F)c2F)cc1Cl. The van der Waals surface area contributed by atoms with Gasteiger partial charge in [-0.2, -0.15) is 0 Å². The summed E-state index contributed by atoms with van der Waals surface area (Å²) in [7, 11) is 0. The molecule has 2 aromatic rings. The Bertz CT molecular complexity index is 799. The van der Waals surface area contributed by atoms with Crippen LogP contribution in [-0.2, 0) is 9.59 Å². The van der Waals surface area contributed by atoms with Crippen LogP contribution in [0.3, 0.4) is 0 Å². The molecule has 5 nitrogen and oxygen atoms in total. The Morgan fingerprint density at radius 1 is 0.957 bits per heavy atom. The third-order valence-electron chi connectivity index (χ3n) is 2.75. The molecule has 0 aliphatic heterocycles. The minimum absolute atomic E-state index is 0.162. The van der Waals surface area contributed by atoms with E-state index in [9.17, 15) is 22.8 Å². The summed E-state index contributed by atoms with van der Waals surface area (Å²) in [5, 5.41) is 4.19. The maximum absolute atomic E-state index is 13.4. The standard InChI is InChI=1S/C14H9ClF3N3O2/c15-7-5-6(1-3-9(7)19)20-13(22)14(23)21-10-4-2-8(16)11(17)12(10)18/h1-5H,19H2,(H,20,22)(H,21,23). The molecule has 4 N–H and O–H groups in total. The second kappa shape index (κ2) is 6.57. The highest BCUT2D eigenvalue weighted by molar-refractivity contribution is 6.43. The van der Waals surface area contributed by atoms with Crippen LogP contribution >= 0.6 is 11.6 Å². The first kappa shape index (κ1) is 16.6. The molecular formula is C14H9ClF3N3O2. The predicted octanol–water partition coefficient (Wildman–Crippen LogP) is 2.92. The van der Waals surface area contributed by atoms with E-state index in [1.165, 1.54) is 18.2 Å². The zero-order valence-corrected chi connectivity index (χ0v) is 12.0. The number of rotatable bonds is 2. The van der Waals surface area contributed by atoms with Crippen LogP contribution in [0.5, 0.6) is 0 Å². The summed E-state index contributed by atoms with van der Waals surface area (Å²) in [6, 6.07) is 5.51. The van der Waals surface area contributed by atoms with E-state index < -0.39 is 35.0 Å². The molecule has 0 aliphatic carbocycles. The number of carbonyl (C=O) groups is 2. The molecule has 0 fully saturated rings. The average molecular weight is 344 g/mol. The Morgan fingerprint density at radius 3 is 2.26 bits per heavy atom. The number of amides is 2. The van der Waals surface area contributed by atoms with E-state index in [1.807, 2.05) is 5.32 Å². The molecular weight excluding hydrogens is 335 g/mol. The van der Waals surface area contributed by atoms with Crippen molar-refractivity contribution in [2.75, 3.05) is 16.4 Å². The summed E-state index contributed by atoms with van der Waals surface area (Å²) in [4.78, 5) is 23.3. The van der Waals surface area contributed by atoms with E-state index in [2.05, 4.69) is 5.32 Å². The van der Waals surface area contributed by atoms with Crippen LogP contribution in [0.2, 0.25) is 5.02 Å². The van der Waals surface area contributed by atoms with Crippen molar-refractivity contribution in [2.24, 2.45) is 0 Å². The predicted molar refractivity (Wildman–Crippen MR) is 79.4 cm³/mol. The first-order chi connectivity index (χ1) is 10.8. The van der Waals surface area contributed by atoms with E-state index in [-0.39, 0.29) is 16.4 Å². The molecule has 23 heavy (non-hydrogen) atoms. The van der Waals surface area contributed by atoms with Crippen molar-refractivity contribution in [2.45, 2.75) is 0 Å². The second-order valence-electron chi connectivity index (χ2n) is 4.37. The Labute approximate surface area is 133 Å². The van der Waals surface area contributed by atoms with Crippen molar-refractivity contribution in [3.63, 3.8) is 0 Å². The van der Waals surface area contributed by atoms with Gasteiger partial charge in [0.05, 0.1) is 16.4 Å². The smallest absolute Gasteiger partial charge is 0.314 e. The lowest BCUT2D eigenvalue weighted by Crippen LogP contribution is -2.29. The van der Waals surface area contributed by atoms with Gasteiger partial charge in [-0.3, -0.25) is 9.59 Å². The Morgan fingerprint density at radius 2 is 1.61 bits per heavy atom. The number of halogens is 4. The van der Waals surface area contributed by atoms with Crippen LogP contribution in [0.25, 0.3) is 0 Å². The number of nitrogens with two attached hydrogens (primary N) is 1. The minimum atomic E-state index is -1.76. The third-order valence-corrected chi connectivity index (χ3v) is 3.08.